The number of hydrogen-bond acceptors (Lipinski definition) is 4. The van der Waals surface area contributed by atoms with Gasteiger partial charge in [-0.25, -0.2) is 4.68 Å². The molecule has 3 rings (SSSR count). The first-order valence-electron chi connectivity index (χ1n) is 9.59. The molecule has 6 heteroatoms. The lowest BCUT2D eigenvalue weighted by Crippen LogP contribution is -2.44. The summed E-state index contributed by atoms with van der Waals surface area (Å²) >= 11 is 0. The Morgan fingerprint density at radius 1 is 1.26 bits per heavy atom. The number of benzene rings is 1. The summed E-state index contributed by atoms with van der Waals surface area (Å²) in [5.74, 6) is -0.104. The number of nitrogens with zero attached hydrogens (tertiary/aromatic N) is 3. The molecule has 0 radical (unpaired) electrons. The van der Waals surface area contributed by atoms with Crippen molar-refractivity contribution >= 4 is 5.91 Å². The van der Waals surface area contributed by atoms with Gasteiger partial charge in [0.15, 0.2) is 0 Å². The number of fused-ring (bicyclic) bond motifs is 1. The summed E-state index contributed by atoms with van der Waals surface area (Å²) in [7, 11) is 1.57. The Labute approximate surface area is 159 Å². The zero-order valence-corrected chi connectivity index (χ0v) is 16.1. The highest BCUT2D eigenvalue weighted by Crippen LogP contribution is 2.25. The average molecular weight is 369 g/mol. The lowest BCUT2D eigenvalue weighted by atomic mass is 9.87. The van der Waals surface area contributed by atoms with E-state index in [2.05, 4.69) is 36.3 Å². The Bertz CT molecular complexity index is 847. The second-order valence-electron chi connectivity index (χ2n) is 6.94. The highest BCUT2D eigenvalue weighted by Gasteiger charge is 2.28. The molecule has 1 aromatic heterocycles. The van der Waals surface area contributed by atoms with Gasteiger partial charge in [0.05, 0.1) is 13.2 Å². The van der Waals surface area contributed by atoms with Crippen molar-refractivity contribution in [1.82, 2.24) is 14.7 Å². The fraction of sp³-hybridized carbons (Fsp3) is 0.476. The van der Waals surface area contributed by atoms with E-state index in [0.717, 1.165) is 25.7 Å². The van der Waals surface area contributed by atoms with Crippen LogP contribution in [-0.4, -0.2) is 46.9 Å². The fourth-order valence-electron chi connectivity index (χ4n) is 3.68. The van der Waals surface area contributed by atoms with Crippen molar-refractivity contribution in [2.24, 2.45) is 0 Å². The Balaban J connectivity index is 1.83. The number of aromatic nitrogens is 2. The normalized spacial score (nSPS) is 16.0. The summed E-state index contributed by atoms with van der Waals surface area (Å²) in [5, 5.41) is 4.28. The van der Waals surface area contributed by atoms with Gasteiger partial charge in [-0.1, -0.05) is 31.2 Å². The molecule has 2 aromatic rings. The van der Waals surface area contributed by atoms with Crippen LogP contribution in [0.3, 0.4) is 0 Å². The zero-order valence-electron chi connectivity index (χ0n) is 16.1. The minimum atomic E-state index is -0.225. The van der Waals surface area contributed by atoms with E-state index >= 15 is 0 Å². The van der Waals surface area contributed by atoms with Gasteiger partial charge in [-0.3, -0.25) is 9.59 Å². The van der Waals surface area contributed by atoms with Crippen molar-refractivity contribution in [3.63, 3.8) is 0 Å². The van der Waals surface area contributed by atoms with Crippen LogP contribution in [0.2, 0.25) is 0 Å². The number of ether oxygens (including phenoxy) is 1. The standard InChI is InChI=1S/C21H27N3O3/c1-3-12-23(18-9-8-16-6-4-5-7-17(16)15-18)21(26)19-10-11-20(25)24(22-19)13-14-27-2/h4-7,10-11,18H,3,8-9,12-15H2,1-2H3. The molecule has 0 aliphatic heterocycles. The lowest BCUT2D eigenvalue weighted by Gasteiger charge is -2.35. The van der Waals surface area contributed by atoms with E-state index in [1.807, 2.05) is 4.90 Å². The molecular formula is C21H27N3O3. The number of carbonyl (C=O) groups excluding carboxylic acids is 1. The first kappa shape index (κ1) is 19.3. The van der Waals surface area contributed by atoms with E-state index in [0.29, 0.717) is 25.4 Å². The van der Waals surface area contributed by atoms with Gasteiger partial charge in [0.2, 0.25) is 0 Å². The number of hydrogen-bond donors (Lipinski definition) is 0. The lowest BCUT2D eigenvalue weighted by molar-refractivity contribution is 0.0651. The summed E-state index contributed by atoms with van der Waals surface area (Å²) in [6.45, 7) is 3.47. The molecule has 1 amide bonds. The molecular weight excluding hydrogens is 342 g/mol. The largest absolute Gasteiger partial charge is 0.383 e. The number of methoxy groups -OCH3 is 1. The van der Waals surface area contributed by atoms with Gasteiger partial charge in [0.1, 0.15) is 5.69 Å². The number of rotatable bonds is 7. The maximum absolute atomic E-state index is 13.2. The SMILES string of the molecule is CCCN(C(=O)c1ccc(=O)n(CCOC)n1)C1CCc2ccccc2C1. The highest BCUT2D eigenvalue weighted by molar-refractivity contribution is 5.92. The fourth-order valence-corrected chi connectivity index (χ4v) is 3.68. The van der Waals surface area contributed by atoms with Gasteiger partial charge in [-0.15, -0.1) is 0 Å². The number of amides is 1. The second kappa shape index (κ2) is 8.95. The van der Waals surface area contributed by atoms with Crippen LogP contribution in [0.1, 0.15) is 41.4 Å². The topological polar surface area (TPSA) is 64.4 Å². The monoisotopic (exact) mass is 369 g/mol. The van der Waals surface area contributed by atoms with E-state index < -0.39 is 0 Å². The molecule has 0 spiro atoms. The van der Waals surface area contributed by atoms with E-state index in [4.69, 9.17) is 4.74 Å². The molecule has 0 fully saturated rings. The smallest absolute Gasteiger partial charge is 0.274 e. The molecule has 1 unspecified atom stereocenters. The zero-order chi connectivity index (χ0) is 19.2. The van der Waals surface area contributed by atoms with Crippen molar-refractivity contribution < 1.29 is 9.53 Å². The van der Waals surface area contributed by atoms with Crippen molar-refractivity contribution in [3.05, 3.63) is 63.6 Å². The summed E-state index contributed by atoms with van der Waals surface area (Å²) < 4.78 is 6.32. The summed E-state index contributed by atoms with van der Waals surface area (Å²) in [6.07, 6.45) is 3.68. The predicted molar refractivity (Wildman–Crippen MR) is 104 cm³/mol. The van der Waals surface area contributed by atoms with Crippen LogP contribution in [0.4, 0.5) is 0 Å². The Morgan fingerprint density at radius 3 is 2.78 bits per heavy atom. The van der Waals surface area contributed by atoms with Crippen LogP contribution in [-0.2, 0) is 24.1 Å². The number of aryl methyl sites for hydroxylation is 1. The van der Waals surface area contributed by atoms with Crippen molar-refractivity contribution in [2.45, 2.75) is 45.2 Å². The third-order valence-electron chi connectivity index (χ3n) is 5.08. The minimum absolute atomic E-state index is 0.104. The molecule has 144 valence electrons. The summed E-state index contributed by atoms with van der Waals surface area (Å²) in [4.78, 5) is 27.1. The molecule has 1 aliphatic rings. The molecule has 1 heterocycles. The molecule has 1 aromatic carbocycles. The third-order valence-corrected chi connectivity index (χ3v) is 5.08. The van der Waals surface area contributed by atoms with E-state index in [9.17, 15) is 9.59 Å². The van der Waals surface area contributed by atoms with Crippen LogP contribution in [0.5, 0.6) is 0 Å². The quantitative estimate of drug-likeness (QED) is 0.751. The van der Waals surface area contributed by atoms with Crippen LogP contribution < -0.4 is 5.56 Å². The van der Waals surface area contributed by atoms with Gasteiger partial charge in [0.25, 0.3) is 11.5 Å². The Morgan fingerprint density at radius 2 is 2.04 bits per heavy atom. The van der Waals surface area contributed by atoms with Gasteiger partial charge in [-0.05, 0) is 42.9 Å². The van der Waals surface area contributed by atoms with Crippen LogP contribution in [0.15, 0.2) is 41.2 Å². The average Bonchev–Trinajstić information content (AvgIpc) is 2.70. The molecule has 27 heavy (non-hydrogen) atoms. The molecule has 0 saturated heterocycles. The molecule has 1 atom stereocenters. The molecule has 1 aliphatic carbocycles. The summed E-state index contributed by atoms with van der Waals surface area (Å²) in [5.41, 5.74) is 2.79. The Hall–Kier alpha value is -2.47. The number of carbonyl (C=O) groups is 1. The maximum Gasteiger partial charge on any atom is 0.274 e. The van der Waals surface area contributed by atoms with Gasteiger partial charge in [-0.2, -0.15) is 5.10 Å². The minimum Gasteiger partial charge on any atom is -0.383 e. The van der Waals surface area contributed by atoms with E-state index in [1.54, 1.807) is 7.11 Å². The van der Waals surface area contributed by atoms with Gasteiger partial charge in [0, 0.05) is 25.8 Å². The van der Waals surface area contributed by atoms with Crippen LogP contribution in [0.25, 0.3) is 0 Å². The molecule has 0 saturated carbocycles. The summed E-state index contributed by atoms with van der Waals surface area (Å²) in [6, 6.07) is 11.6. The molecule has 0 bridgehead atoms. The predicted octanol–water partition coefficient (Wildman–Crippen LogP) is 2.30. The van der Waals surface area contributed by atoms with Gasteiger partial charge >= 0.3 is 0 Å². The van der Waals surface area contributed by atoms with Crippen molar-refractivity contribution in [2.75, 3.05) is 20.3 Å². The van der Waals surface area contributed by atoms with Crippen molar-refractivity contribution in [3.8, 4) is 0 Å². The van der Waals surface area contributed by atoms with Crippen molar-refractivity contribution in [1.29, 1.82) is 0 Å². The molecule has 6 nitrogen and oxygen atoms in total. The first-order chi connectivity index (χ1) is 13.1. The molecule has 0 N–H and O–H groups in total. The first-order valence-corrected chi connectivity index (χ1v) is 9.59. The third kappa shape index (κ3) is 4.45. The highest BCUT2D eigenvalue weighted by atomic mass is 16.5. The van der Waals surface area contributed by atoms with Gasteiger partial charge < -0.3 is 9.64 Å². The second-order valence-corrected chi connectivity index (χ2v) is 6.94. The Kier molecular flexibility index (Phi) is 6.40. The van der Waals surface area contributed by atoms with E-state index in [1.165, 1.54) is 27.9 Å². The van der Waals surface area contributed by atoms with E-state index in [-0.39, 0.29) is 17.5 Å². The van der Waals surface area contributed by atoms with Crippen LogP contribution >= 0.6 is 0 Å². The van der Waals surface area contributed by atoms with Crippen LogP contribution in [0, 0.1) is 0 Å². The maximum atomic E-state index is 13.2.